The highest BCUT2D eigenvalue weighted by atomic mass is 16.5. The summed E-state index contributed by atoms with van der Waals surface area (Å²) >= 11 is 0. The van der Waals surface area contributed by atoms with Crippen molar-refractivity contribution in [3.8, 4) is 11.1 Å². The lowest BCUT2D eigenvalue weighted by Crippen LogP contribution is -2.23. The number of H-pyrrole nitrogens is 1. The molecule has 3 N–H and O–H groups in total. The minimum atomic E-state index is -0.547. The molecule has 0 unspecified atom stereocenters. The molecule has 0 aliphatic carbocycles. The molecule has 29 heavy (non-hydrogen) atoms. The quantitative estimate of drug-likeness (QED) is 0.439. The number of pyridine rings is 1. The van der Waals surface area contributed by atoms with Crippen LogP contribution in [0.2, 0.25) is 0 Å². The Morgan fingerprint density at radius 1 is 1.14 bits per heavy atom. The number of para-hydroxylation sites is 2. The number of fused-ring (bicyclic) bond motifs is 3. The number of imidazole rings is 1. The molecule has 7 nitrogen and oxygen atoms in total. The van der Waals surface area contributed by atoms with Crippen LogP contribution in [0.3, 0.4) is 0 Å². The van der Waals surface area contributed by atoms with E-state index in [2.05, 4.69) is 10.3 Å². The van der Waals surface area contributed by atoms with Gasteiger partial charge in [0, 0.05) is 6.54 Å². The maximum absolute atomic E-state index is 13.6. The first-order valence-electron chi connectivity index (χ1n) is 9.44. The molecule has 0 spiro atoms. The summed E-state index contributed by atoms with van der Waals surface area (Å²) < 4.78 is 6.81. The van der Waals surface area contributed by atoms with Crippen LogP contribution >= 0.6 is 0 Å². The van der Waals surface area contributed by atoms with Crippen molar-refractivity contribution in [1.82, 2.24) is 9.38 Å². The Morgan fingerprint density at radius 2 is 1.86 bits per heavy atom. The van der Waals surface area contributed by atoms with E-state index >= 15 is 0 Å². The molecule has 0 fully saturated rings. The number of esters is 1. The molecule has 0 bridgehead atoms. The van der Waals surface area contributed by atoms with Crippen molar-refractivity contribution in [2.24, 2.45) is 0 Å². The molecule has 0 saturated heterocycles. The highest BCUT2D eigenvalue weighted by Gasteiger charge is 2.26. The van der Waals surface area contributed by atoms with Gasteiger partial charge in [0.05, 0.1) is 35.5 Å². The van der Waals surface area contributed by atoms with Gasteiger partial charge in [0.15, 0.2) is 0 Å². The molecule has 4 aromatic rings. The van der Waals surface area contributed by atoms with Crippen LogP contribution in [-0.4, -0.2) is 40.2 Å². The topological polar surface area (TPSA) is 95.8 Å². The van der Waals surface area contributed by atoms with Crippen molar-refractivity contribution in [2.45, 2.75) is 6.92 Å². The van der Waals surface area contributed by atoms with Gasteiger partial charge in [-0.25, -0.2) is 4.79 Å². The van der Waals surface area contributed by atoms with Gasteiger partial charge >= 0.3 is 5.97 Å². The van der Waals surface area contributed by atoms with Crippen LogP contribution in [0.1, 0.15) is 17.3 Å². The molecule has 2 aromatic carbocycles. The van der Waals surface area contributed by atoms with Gasteiger partial charge in [-0.05, 0) is 24.6 Å². The lowest BCUT2D eigenvalue weighted by Gasteiger charge is -2.17. The maximum atomic E-state index is 13.6. The zero-order chi connectivity index (χ0) is 20.4. The molecule has 0 atom stereocenters. The van der Waals surface area contributed by atoms with Crippen molar-refractivity contribution in [3.05, 3.63) is 70.5 Å². The molecule has 0 radical (unpaired) electrons. The zero-order valence-corrected chi connectivity index (χ0v) is 15.9. The van der Waals surface area contributed by atoms with E-state index in [1.54, 1.807) is 6.92 Å². The summed E-state index contributed by atoms with van der Waals surface area (Å²) in [7, 11) is 0. The maximum Gasteiger partial charge on any atom is 0.344 e. The summed E-state index contributed by atoms with van der Waals surface area (Å²) in [5.74, 6) is -0.547. The molecule has 148 valence electrons. The Bertz CT molecular complexity index is 1240. The van der Waals surface area contributed by atoms with Gasteiger partial charge in [-0.1, -0.05) is 42.5 Å². The van der Waals surface area contributed by atoms with Gasteiger partial charge < -0.3 is 20.1 Å². The molecule has 2 heterocycles. The van der Waals surface area contributed by atoms with Crippen LogP contribution in [0, 0.1) is 0 Å². The summed E-state index contributed by atoms with van der Waals surface area (Å²) in [6, 6.07) is 16.5. The molecule has 0 aliphatic rings. The van der Waals surface area contributed by atoms with Crippen LogP contribution < -0.4 is 10.9 Å². The van der Waals surface area contributed by atoms with E-state index in [0.717, 1.165) is 5.52 Å². The second-order valence-corrected chi connectivity index (χ2v) is 6.49. The molecule has 7 heteroatoms. The standard InChI is InChI=1S/C22H21N3O4/c1-2-29-22(28)18-19(23-12-13-26)17(14-8-4-3-5-9-14)21(27)25-16-11-7-6-10-15(16)24-20(18)25/h3-11,23-24,26H,2,12-13H2,1H3. The molecular weight excluding hydrogens is 370 g/mol. The lowest BCUT2D eigenvalue weighted by molar-refractivity contribution is 0.0529. The molecule has 0 amide bonds. The number of aliphatic hydroxyl groups excluding tert-OH is 1. The Morgan fingerprint density at radius 3 is 2.59 bits per heavy atom. The number of hydrogen-bond donors (Lipinski definition) is 3. The van der Waals surface area contributed by atoms with Crippen molar-refractivity contribution in [1.29, 1.82) is 0 Å². The Labute approximate surface area is 166 Å². The minimum Gasteiger partial charge on any atom is -0.462 e. The van der Waals surface area contributed by atoms with Crippen molar-refractivity contribution >= 4 is 28.3 Å². The van der Waals surface area contributed by atoms with Crippen LogP contribution in [0.4, 0.5) is 5.69 Å². The van der Waals surface area contributed by atoms with Crippen molar-refractivity contribution < 1.29 is 14.6 Å². The summed E-state index contributed by atoms with van der Waals surface area (Å²) in [4.78, 5) is 29.7. The van der Waals surface area contributed by atoms with Gasteiger partial charge in [-0.15, -0.1) is 0 Å². The monoisotopic (exact) mass is 391 g/mol. The Kier molecular flexibility index (Phi) is 5.05. The van der Waals surface area contributed by atoms with Gasteiger partial charge in [-0.3, -0.25) is 9.20 Å². The molecule has 2 aromatic heterocycles. The van der Waals surface area contributed by atoms with Gasteiger partial charge in [0.2, 0.25) is 0 Å². The van der Waals surface area contributed by atoms with E-state index in [0.29, 0.717) is 28.0 Å². The average Bonchev–Trinajstić information content (AvgIpc) is 3.12. The second kappa shape index (κ2) is 7.81. The van der Waals surface area contributed by atoms with Gasteiger partial charge in [0.25, 0.3) is 5.56 Å². The predicted molar refractivity (Wildman–Crippen MR) is 112 cm³/mol. The first-order chi connectivity index (χ1) is 14.2. The number of aliphatic hydroxyl groups is 1. The van der Waals surface area contributed by atoms with E-state index < -0.39 is 5.97 Å². The zero-order valence-electron chi connectivity index (χ0n) is 15.9. The minimum absolute atomic E-state index is 0.150. The fourth-order valence-electron chi connectivity index (χ4n) is 3.56. The highest BCUT2D eigenvalue weighted by Crippen LogP contribution is 2.32. The number of nitrogens with zero attached hydrogens (tertiary/aromatic N) is 1. The highest BCUT2D eigenvalue weighted by molar-refractivity contribution is 6.07. The third-order valence-electron chi connectivity index (χ3n) is 4.73. The van der Waals surface area contributed by atoms with Crippen LogP contribution in [-0.2, 0) is 4.74 Å². The normalized spacial score (nSPS) is 11.1. The number of benzene rings is 2. The molecular formula is C22H21N3O4. The Hall–Kier alpha value is -3.58. The number of aromatic nitrogens is 2. The number of nitrogens with one attached hydrogen (secondary N) is 2. The molecule has 0 aliphatic heterocycles. The van der Waals surface area contributed by atoms with Gasteiger partial charge in [-0.2, -0.15) is 0 Å². The smallest absolute Gasteiger partial charge is 0.344 e. The lowest BCUT2D eigenvalue weighted by atomic mass is 10.0. The number of carbonyl (C=O) groups is 1. The fourth-order valence-corrected chi connectivity index (χ4v) is 3.56. The van der Waals surface area contributed by atoms with Crippen LogP contribution in [0.25, 0.3) is 27.8 Å². The summed E-state index contributed by atoms with van der Waals surface area (Å²) in [6.45, 7) is 1.96. The van der Waals surface area contributed by atoms with Gasteiger partial charge in [0.1, 0.15) is 11.2 Å². The van der Waals surface area contributed by atoms with E-state index in [-0.39, 0.29) is 30.9 Å². The summed E-state index contributed by atoms with van der Waals surface area (Å²) in [5, 5.41) is 12.4. The SMILES string of the molecule is CCOC(=O)c1c(NCCO)c(-c2ccccc2)c(=O)n2c1[nH]c1ccccc12. The first kappa shape index (κ1) is 18.8. The number of ether oxygens (including phenoxy) is 1. The van der Waals surface area contributed by atoms with Crippen LogP contribution in [0.5, 0.6) is 0 Å². The average molecular weight is 391 g/mol. The number of rotatable bonds is 6. The number of hydrogen-bond acceptors (Lipinski definition) is 5. The predicted octanol–water partition coefficient (Wildman–Crippen LogP) is 3.03. The molecule has 0 saturated carbocycles. The number of carbonyl (C=O) groups excluding carboxylic acids is 1. The van der Waals surface area contributed by atoms with Crippen molar-refractivity contribution in [2.75, 3.05) is 25.1 Å². The summed E-state index contributed by atoms with van der Waals surface area (Å²) in [6.07, 6.45) is 0. The largest absolute Gasteiger partial charge is 0.462 e. The first-order valence-corrected chi connectivity index (χ1v) is 9.44. The van der Waals surface area contributed by atoms with E-state index in [1.165, 1.54) is 4.40 Å². The van der Waals surface area contributed by atoms with E-state index in [4.69, 9.17) is 4.74 Å². The van der Waals surface area contributed by atoms with Crippen LogP contribution in [0.15, 0.2) is 59.4 Å². The number of aromatic amines is 1. The fraction of sp³-hybridized carbons (Fsp3) is 0.182. The number of anilines is 1. The van der Waals surface area contributed by atoms with Crippen molar-refractivity contribution in [3.63, 3.8) is 0 Å². The Balaban J connectivity index is 2.19. The van der Waals surface area contributed by atoms with E-state index in [1.807, 2.05) is 54.6 Å². The third kappa shape index (κ3) is 3.15. The molecule has 4 rings (SSSR count). The third-order valence-corrected chi connectivity index (χ3v) is 4.73. The summed E-state index contributed by atoms with van der Waals surface area (Å²) in [5.41, 5.74) is 3.09. The van der Waals surface area contributed by atoms with E-state index in [9.17, 15) is 14.7 Å². The second-order valence-electron chi connectivity index (χ2n) is 6.49.